The highest BCUT2D eigenvalue weighted by molar-refractivity contribution is 7.87. The van der Waals surface area contributed by atoms with Crippen LogP contribution in [0.4, 0.5) is 4.39 Å². The zero-order valence-electron chi connectivity index (χ0n) is 9.57. The third-order valence-electron chi connectivity index (χ3n) is 2.16. The summed E-state index contributed by atoms with van der Waals surface area (Å²) in [5.41, 5.74) is 0.776. The van der Waals surface area contributed by atoms with Crippen LogP contribution in [-0.2, 0) is 16.6 Å². The zero-order chi connectivity index (χ0) is 13.1. The minimum atomic E-state index is -3.41. The third kappa shape index (κ3) is 4.23. The molecule has 1 aromatic rings. The Morgan fingerprint density at radius 2 is 2.06 bits per heavy atom. The van der Waals surface area contributed by atoms with Crippen molar-refractivity contribution in [1.29, 1.82) is 0 Å². The summed E-state index contributed by atoms with van der Waals surface area (Å²) in [5, 5.41) is 0.0398. The van der Waals surface area contributed by atoms with Crippen molar-refractivity contribution in [3.8, 4) is 0 Å². The van der Waals surface area contributed by atoms with E-state index < -0.39 is 16.0 Å². The van der Waals surface area contributed by atoms with Gasteiger partial charge in [0, 0.05) is 20.6 Å². The molecular formula is C10H14ClFN2O2S. The van der Waals surface area contributed by atoms with Crippen molar-refractivity contribution in [1.82, 2.24) is 9.03 Å². The van der Waals surface area contributed by atoms with Gasteiger partial charge in [0.05, 0.1) is 5.02 Å². The number of nitrogens with one attached hydrogen (secondary N) is 1. The highest BCUT2D eigenvalue weighted by Gasteiger charge is 2.11. The molecule has 96 valence electrons. The first kappa shape index (κ1) is 14.4. The molecule has 0 heterocycles. The fourth-order valence-electron chi connectivity index (χ4n) is 1.15. The maximum atomic E-state index is 12.9. The van der Waals surface area contributed by atoms with E-state index in [-0.39, 0.29) is 11.6 Å². The van der Waals surface area contributed by atoms with Gasteiger partial charge in [-0.25, -0.2) is 9.11 Å². The Kier molecular flexibility index (Phi) is 4.88. The van der Waals surface area contributed by atoms with Crippen LogP contribution in [0.25, 0.3) is 0 Å². The minimum absolute atomic E-state index is 0.0398. The quantitative estimate of drug-likeness (QED) is 0.887. The summed E-state index contributed by atoms with van der Waals surface area (Å²) in [7, 11) is -0.527. The molecule has 0 aliphatic heterocycles. The number of benzene rings is 1. The summed E-state index contributed by atoms with van der Waals surface area (Å²) < 4.78 is 39.1. The molecule has 0 aromatic heterocycles. The van der Waals surface area contributed by atoms with E-state index in [9.17, 15) is 12.8 Å². The molecule has 1 aromatic carbocycles. The molecule has 0 radical (unpaired) electrons. The molecule has 0 amide bonds. The van der Waals surface area contributed by atoms with Gasteiger partial charge in [-0.2, -0.15) is 12.7 Å². The summed E-state index contributed by atoms with van der Waals surface area (Å²) in [6, 6.07) is 4.32. The standard InChI is InChI=1S/C10H14ClFN2O2S/c1-14(2)17(15,16)13-6-5-8-3-4-10(12)9(11)7-8/h3-4,7,13H,5-6H2,1-2H3. The van der Waals surface area contributed by atoms with Crippen molar-refractivity contribution < 1.29 is 12.8 Å². The lowest BCUT2D eigenvalue weighted by molar-refractivity contribution is 0.506. The number of hydrogen-bond acceptors (Lipinski definition) is 2. The van der Waals surface area contributed by atoms with Crippen LogP contribution in [0.1, 0.15) is 5.56 Å². The van der Waals surface area contributed by atoms with E-state index in [1.165, 1.54) is 26.2 Å². The largest absolute Gasteiger partial charge is 0.278 e. The van der Waals surface area contributed by atoms with Crippen molar-refractivity contribution in [3.63, 3.8) is 0 Å². The van der Waals surface area contributed by atoms with Crippen LogP contribution >= 0.6 is 11.6 Å². The first-order valence-corrected chi connectivity index (χ1v) is 6.76. The lowest BCUT2D eigenvalue weighted by Crippen LogP contribution is -2.36. The molecule has 0 saturated carbocycles. The van der Waals surface area contributed by atoms with Crippen LogP contribution in [0.15, 0.2) is 18.2 Å². The van der Waals surface area contributed by atoms with E-state index in [0.29, 0.717) is 6.42 Å². The van der Waals surface area contributed by atoms with Gasteiger partial charge in [0.15, 0.2) is 0 Å². The molecule has 0 atom stereocenters. The second-order valence-electron chi connectivity index (χ2n) is 3.68. The molecule has 0 saturated heterocycles. The van der Waals surface area contributed by atoms with E-state index in [1.807, 2.05) is 0 Å². The predicted molar refractivity (Wildman–Crippen MR) is 65.7 cm³/mol. The van der Waals surface area contributed by atoms with Crippen LogP contribution in [0.5, 0.6) is 0 Å². The number of hydrogen-bond donors (Lipinski definition) is 1. The van der Waals surface area contributed by atoms with Gasteiger partial charge in [0.2, 0.25) is 0 Å². The molecule has 0 aliphatic rings. The van der Waals surface area contributed by atoms with Gasteiger partial charge in [0.1, 0.15) is 5.82 Å². The smallest absolute Gasteiger partial charge is 0.205 e. The molecule has 0 bridgehead atoms. The summed E-state index contributed by atoms with van der Waals surface area (Å²) in [4.78, 5) is 0. The van der Waals surface area contributed by atoms with Crippen molar-refractivity contribution >= 4 is 21.8 Å². The van der Waals surface area contributed by atoms with E-state index in [2.05, 4.69) is 4.72 Å². The maximum absolute atomic E-state index is 12.9. The topological polar surface area (TPSA) is 49.4 Å². The highest BCUT2D eigenvalue weighted by atomic mass is 35.5. The normalized spacial score (nSPS) is 12.1. The van der Waals surface area contributed by atoms with Crippen LogP contribution < -0.4 is 4.72 Å². The summed E-state index contributed by atoms with van der Waals surface area (Å²) in [6.45, 7) is 0.239. The minimum Gasteiger partial charge on any atom is -0.205 e. The van der Waals surface area contributed by atoms with Crippen molar-refractivity contribution in [2.75, 3.05) is 20.6 Å². The second kappa shape index (κ2) is 5.77. The van der Waals surface area contributed by atoms with E-state index >= 15 is 0 Å². The predicted octanol–water partition coefficient (Wildman–Crippen LogP) is 1.42. The summed E-state index contributed by atoms with van der Waals surface area (Å²) in [5.74, 6) is -0.482. The van der Waals surface area contributed by atoms with Gasteiger partial charge < -0.3 is 0 Å². The van der Waals surface area contributed by atoms with E-state index in [0.717, 1.165) is 9.87 Å². The second-order valence-corrected chi connectivity index (χ2v) is 6.06. The first-order chi connectivity index (χ1) is 7.83. The van der Waals surface area contributed by atoms with Crippen molar-refractivity contribution in [2.24, 2.45) is 0 Å². The molecule has 0 spiro atoms. The molecular weight excluding hydrogens is 267 g/mol. The van der Waals surface area contributed by atoms with Crippen LogP contribution in [0.3, 0.4) is 0 Å². The molecule has 1 N–H and O–H groups in total. The van der Waals surface area contributed by atoms with Gasteiger partial charge >= 0.3 is 0 Å². The Bertz CT molecular complexity index is 491. The van der Waals surface area contributed by atoms with Gasteiger partial charge in [0.25, 0.3) is 10.2 Å². The molecule has 0 aliphatic carbocycles. The third-order valence-corrected chi connectivity index (χ3v) is 3.98. The van der Waals surface area contributed by atoms with Crippen LogP contribution in [0.2, 0.25) is 5.02 Å². The molecule has 4 nitrogen and oxygen atoms in total. The number of rotatable bonds is 5. The van der Waals surface area contributed by atoms with Gasteiger partial charge in [-0.15, -0.1) is 0 Å². The Labute approximate surface area is 106 Å². The zero-order valence-corrected chi connectivity index (χ0v) is 11.1. The SMILES string of the molecule is CN(C)S(=O)(=O)NCCc1ccc(F)c(Cl)c1. The maximum Gasteiger partial charge on any atom is 0.278 e. The van der Waals surface area contributed by atoms with Gasteiger partial charge in [-0.3, -0.25) is 0 Å². The fourth-order valence-corrected chi connectivity index (χ4v) is 1.97. The Morgan fingerprint density at radius 1 is 1.41 bits per heavy atom. The lowest BCUT2D eigenvalue weighted by Gasteiger charge is -2.12. The van der Waals surface area contributed by atoms with Crippen molar-refractivity contribution in [3.05, 3.63) is 34.6 Å². The number of nitrogens with zero attached hydrogens (tertiary/aromatic N) is 1. The van der Waals surface area contributed by atoms with Crippen LogP contribution in [0, 0.1) is 5.82 Å². The highest BCUT2D eigenvalue weighted by Crippen LogP contribution is 2.16. The molecule has 7 heteroatoms. The number of halogens is 2. The Balaban J connectivity index is 2.55. The van der Waals surface area contributed by atoms with Gasteiger partial charge in [-0.05, 0) is 24.1 Å². The Morgan fingerprint density at radius 3 is 2.59 bits per heavy atom. The summed E-state index contributed by atoms with van der Waals surface area (Å²) >= 11 is 5.61. The van der Waals surface area contributed by atoms with Gasteiger partial charge in [-0.1, -0.05) is 17.7 Å². The van der Waals surface area contributed by atoms with Crippen molar-refractivity contribution in [2.45, 2.75) is 6.42 Å². The van der Waals surface area contributed by atoms with E-state index in [1.54, 1.807) is 6.07 Å². The molecule has 0 unspecified atom stereocenters. The fraction of sp³-hybridized carbons (Fsp3) is 0.400. The van der Waals surface area contributed by atoms with Crippen LogP contribution in [-0.4, -0.2) is 33.4 Å². The monoisotopic (exact) mass is 280 g/mol. The lowest BCUT2D eigenvalue weighted by atomic mass is 10.1. The van der Waals surface area contributed by atoms with E-state index in [4.69, 9.17) is 11.6 Å². The first-order valence-electron chi connectivity index (χ1n) is 4.94. The summed E-state index contributed by atoms with van der Waals surface area (Å²) in [6.07, 6.45) is 0.451. The average molecular weight is 281 g/mol. The molecule has 17 heavy (non-hydrogen) atoms. The Hall–Kier alpha value is -0.690. The molecule has 0 fully saturated rings. The average Bonchev–Trinajstić information content (AvgIpc) is 2.23. The molecule has 1 rings (SSSR count).